The summed E-state index contributed by atoms with van der Waals surface area (Å²) < 4.78 is 0. The standard InChI is InChI=1S/C18H16N2O/c1-11(2)12(3)8-16-17(13(9-19)10-20)14-6-4-5-7-15(14)18(16)21/h4-8,11-12H,1-3H3/b16-8-. The predicted molar refractivity (Wildman–Crippen MR) is 81.0 cm³/mol. The van der Waals surface area contributed by atoms with E-state index in [2.05, 4.69) is 13.8 Å². The minimum absolute atomic E-state index is 0.00416. The SMILES string of the molecule is CC(C)C(C)/C=C1\C(=O)c2ccccc2C1=C(C#N)C#N. The Bertz CT molecular complexity index is 723. The van der Waals surface area contributed by atoms with Crippen molar-refractivity contribution in [1.82, 2.24) is 0 Å². The first-order valence-electron chi connectivity index (χ1n) is 6.92. The molecule has 104 valence electrons. The van der Waals surface area contributed by atoms with Crippen LogP contribution in [0.5, 0.6) is 0 Å². The monoisotopic (exact) mass is 276 g/mol. The fraction of sp³-hybridized carbons (Fsp3) is 0.278. The fourth-order valence-corrected chi connectivity index (χ4v) is 2.32. The highest BCUT2D eigenvalue weighted by atomic mass is 16.1. The highest BCUT2D eigenvalue weighted by Crippen LogP contribution is 2.39. The van der Waals surface area contributed by atoms with Gasteiger partial charge in [0.1, 0.15) is 17.7 Å². The van der Waals surface area contributed by atoms with Crippen molar-refractivity contribution in [2.24, 2.45) is 11.8 Å². The maximum atomic E-state index is 12.6. The van der Waals surface area contributed by atoms with E-state index >= 15 is 0 Å². The van der Waals surface area contributed by atoms with Gasteiger partial charge in [-0.15, -0.1) is 0 Å². The van der Waals surface area contributed by atoms with E-state index in [0.29, 0.717) is 28.2 Å². The van der Waals surface area contributed by atoms with Gasteiger partial charge in [-0.25, -0.2) is 0 Å². The average molecular weight is 276 g/mol. The second-order valence-electron chi connectivity index (χ2n) is 5.53. The van der Waals surface area contributed by atoms with E-state index in [1.807, 2.05) is 31.2 Å². The highest BCUT2D eigenvalue weighted by molar-refractivity contribution is 6.27. The van der Waals surface area contributed by atoms with E-state index in [1.165, 1.54) is 0 Å². The molecular formula is C18H16N2O. The third-order valence-electron chi connectivity index (χ3n) is 3.91. The Labute approximate surface area is 124 Å². The van der Waals surface area contributed by atoms with Gasteiger partial charge in [0.05, 0.1) is 0 Å². The molecule has 0 fully saturated rings. The molecular weight excluding hydrogens is 260 g/mol. The van der Waals surface area contributed by atoms with Gasteiger partial charge in [0.25, 0.3) is 0 Å². The molecule has 1 aliphatic rings. The van der Waals surface area contributed by atoms with Gasteiger partial charge in [-0.1, -0.05) is 51.1 Å². The topological polar surface area (TPSA) is 64.7 Å². The molecule has 1 aliphatic carbocycles. The van der Waals surface area contributed by atoms with Crippen LogP contribution >= 0.6 is 0 Å². The van der Waals surface area contributed by atoms with Crippen molar-refractivity contribution >= 4 is 11.4 Å². The van der Waals surface area contributed by atoms with Gasteiger partial charge in [-0.05, 0) is 17.4 Å². The number of carbonyl (C=O) groups excluding carboxylic acids is 1. The number of rotatable bonds is 2. The fourth-order valence-electron chi connectivity index (χ4n) is 2.32. The zero-order valence-electron chi connectivity index (χ0n) is 12.3. The summed E-state index contributed by atoms with van der Waals surface area (Å²) in [5.74, 6) is 0.464. The molecule has 3 nitrogen and oxygen atoms in total. The molecule has 0 N–H and O–H groups in total. The Morgan fingerprint density at radius 3 is 2.19 bits per heavy atom. The van der Waals surface area contributed by atoms with Crippen LogP contribution in [0.3, 0.4) is 0 Å². The zero-order chi connectivity index (χ0) is 15.6. The minimum Gasteiger partial charge on any atom is -0.289 e. The van der Waals surface area contributed by atoms with Crippen molar-refractivity contribution in [3.05, 3.63) is 52.6 Å². The highest BCUT2D eigenvalue weighted by Gasteiger charge is 2.32. The number of carbonyl (C=O) groups is 1. The van der Waals surface area contributed by atoms with E-state index in [4.69, 9.17) is 0 Å². The first-order chi connectivity index (χ1) is 10.0. The first-order valence-corrected chi connectivity index (χ1v) is 6.92. The molecule has 0 saturated heterocycles. The molecule has 1 aromatic rings. The first kappa shape index (κ1) is 14.8. The Morgan fingerprint density at radius 2 is 1.67 bits per heavy atom. The Morgan fingerprint density at radius 1 is 1.10 bits per heavy atom. The lowest BCUT2D eigenvalue weighted by Gasteiger charge is -2.12. The second-order valence-corrected chi connectivity index (χ2v) is 5.53. The number of ketones is 1. The number of nitriles is 2. The molecule has 21 heavy (non-hydrogen) atoms. The number of benzene rings is 1. The smallest absolute Gasteiger partial charge is 0.194 e. The summed E-state index contributed by atoms with van der Waals surface area (Å²) in [5.41, 5.74) is 2.21. The van der Waals surface area contributed by atoms with E-state index in [1.54, 1.807) is 18.2 Å². The molecule has 2 rings (SSSR count). The van der Waals surface area contributed by atoms with Crippen LogP contribution in [0.4, 0.5) is 0 Å². The quantitative estimate of drug-likeness (QED) is 0.607. The molecule has 0 heterocycles. The number of Topliss-reactive ketones (excluding diaryl/α,β-unsaturated/α-hetero) is 1. The largest absolute Gasteiger partial charge is 0.289 e. The molecule has 0 amide bonds. The molecule has 1 unspecified atom stereocenters. The molecule has 1 atom stereocenters. The van der Waals surface area contributed by atoms with Crippen LogP contribution in [0, 0.1) is 34.5 Å². The zero-order valence-corrected chi connectivity index (χ0v) is 12.3. The summed E-state index contributed by atoms with van der Waals surface area (Å²) in [6, 6.07) is 11.0. The van der Waals surface area contributed by atoms with Gasteiger partial charge in [-0.2, -0.15) is 10.5 Å². The van der Waals surface area contributed by atoms with Crippen molar-refractivity contribution in [2.75, 3.05) is 0 Å². The Kier molecular flexibility index (Phi) is 4.05. The maximum Gasteiger partial charge on any atom is 0.194 e. The molecule has 0 aromatic heterocycles. The summed E-state index contributed by atoms with van der Waals surface area (Å²) in [7, 11) is 0. The second kappa shape index (κ2) is 5.77. The van der Waals surface area contributed by atoms with Crippen molar-refractivity contribution in [3.63, 3.8) is 0 Å². The Balaban J connectivity index is 2.74. The van der Waals surface area contributed by atoms with Crippen molar-refractivity contribution in [3.8, 4) is 12.1 Å². The number of hydrogen-bond donors (Lipinski definition) is 0. The minimum atomic E-state index is -0.101. The van der Waals surface area contributed by atoms with E-state index < -0.39 is 0 Å². The van der Waals surface area contributed by atoms with E-state index in [0.717, 1.165) is 0 Å². The lowest BCUT2D eigenvalue weighted by atomic mass is 9.91. The molecule has 0 aliphatic heterocycles. The molecule has 1 aromatic carbocycles. The van der Waals surface area contributed by atoms with Crippen molar-refractivity contribution in [2.45, 2.75) is 20.8 Å². The molecule has 3 heteroatoms. The molecule has 0 bridgehead atoms. The van der Waals surface area contributed by atoms with E-state index in [9.17, 15) is 15.3 Å². The van der Waals surface area contributed by atoms with Gasteiger partial charge in [-0.3, -0.25) is 4.79 Å². The van der Waals surface area contributed by atoms with Gasteiger partial charge in [0, 0.05) is 16.7 Å². The van der Waals surface area contributed by atoms with Crippen LogP contribution in [0.15, 0.2) is 41.5 Å². The van der Waals surface area contributed by atoms with Gasteiger partial charge >= 0.3 is 0 Å². The van der Waals surface area contributed by atoms with Gasteiger partial charge in [0.2, 0.25) is 0 Å². The third-order valence-corrected chi connectivity index (χ3v) is 3.91. The number of nitrogens with zero attached hydrogens (tertiary/aromatic N) is 2. The predicted octanol–water partition coefficient (Wildman–Crippen LogP) is 3.90. The van der Waals surface area contributed by atoms with Gasteiger partial charge in [0.15, 0.2) is 5.78 Å². The summed E-state index contributed by atoms with van der Waals surface area (Å²) >= 11 is 0. The number of fused-ring (bicyclic) bond motifs is 1. The normalized spacial score (nSPS) is 16.6. The summed E-state index contributed by atoms with van der Waals surface area (Å²) in [5, 5.41) is 18.4. The van der Waals surface area contributed by atoms with Crippen LogP contribution < -0.4 is 0 Å². The van der Waals surface area contributed by atoms with Gasteiger partial charge < -0.3 is 0 Å². The average Bonchev–Trinajstić information content (AvgIpc) is 2.75. The number of hydrogen-bond acceptors (Lipinski definition) is 3. The van der Waals surface area contributed by atoms with Crippen LogP contribution in [-0.4, -0.2) is 5.78 Å². The molecule has 0 spiro atoms. The Hall–Kier alpha value is -2.65. The van der Waals surface area contributed by atoms with Crippen molar-refractivity contribution in [1.29, 1.82) is 10.5 Å². The van der Waals surface area contributed by atoms with Crippen LogP contribution in [-0.2, 0) is 0 Å². The van der Waals surface area contributed by atoms with Crippen LogP contribution in [0.25, 0.3) is 5.57 Å². The number of allylic oxidation sites excluding steroid dienone is 4. The maximum absolute atomic E-state index is 12.6. The lowest BCUT2D eigenvalue weighted by Crippen LogP contribution is -2.04. The summed E-state index contributed by atoms with van der Waals surface area (Å²) in [6.07, 6.45) is 1.89. The van der Waals surface area contributed by atoms with Crippen LogP contribution in [0.1, 0.15) is 36.7 Å². The lowest BCUT2D eigenvalue weighted by molar-refractivity contribution is 0.104. The summed E-state index contributed by atoms with van der Waals surface area (Å²) in [4.78, 5) is 12.6. The summed E-state index contributed by atoms with van der Waals surface area (Å²) in [6.45, 7) is 6.18. The van der Waals surface area contributed by atoms with E-state index in [-0.39, 0.29) is 17.3 Å². The third kappa shape index (κ3) is 2.51. The van der Waals surface area contributed by atoms with Crippen molar-refractivity contribution < 1.29 is 4.79 Å². The van der Waals surface area contributed by atoms with Crippen LogP contribution in [0.2, 0.25) is 0 Å². The molecule has 0 radical (unpaired) electrons. The molecule has 0 saturated carbocycles.